The normalized spacial score (nSPS) is 26.4. The van der Waals surface area contributed by atoms with Gasteiger partial charge in [0.2, 0.25) is 0 Å². The van der Waals surface area contributed by atoms with E-state index in [1.807, 2.05) is 0 Å². The number of nitrogens with zero attached hydrogens (tertiary/aromatic N) is 1. The van der Waals surface area contributed by atoms with Gasteiger partial charge in [0.15, 0.2) is 0 Å². The lowest BCUT2D eigenvalue weighted by Gasteiger charge is -2.40. The quantitative estimate of drug-likeness (QED) is 0.725. The first-order chi connectivity index (χ1) is 6.83. The molecule has 0 radical (unpaired) electrons. The smallest absolute Gasteiger partial charge is 0.0630 e. The molecule has 0 saturated carbocycles. The van der Waals surface area contributed by atoms with Gasteiger partial charge in [0, 0.05) is 25.7 Å². The third-order valence-electron chi connectivity index (χ3n) is 3.24. The van der Waals surface area contributed by atoms with Crippen molar-refractivity contribution in [1.82, 2.24) is 4.90 Å². The van der Waals surface area contributed by atoms with Crippen LogP contribution in [0.15, 0.2) is 0 Å². The number of hydrogen-bond donors (Lipinski definition) is 1. The van der Waals surface area contributed by atoms with Crippen LogP contribution >= 0.6 is 0 Å². The SMILES string of the molecule is CCC1CCCCN1C(CN)COC. The maximum Gasteiger partial charge on any atom is 0.0630 e. The third-order valence-corrected chi connectivity index (χ3v) is 3.24. The van der Waals surface area contributed by atoms with Gasteiger partial charge in [-0.2, -0.15) is 0 Å². The lowest BCUT2D eigenvalue weighted by molar-refractivity contribution is 0.0428. The zero-order chi connectivity index (χ0) is 10.4. The van der Waals surface area contributed by atoms with Crippen LogP contribution in [0.2, 0.25) is 0 Å². The Morgan fingerprint density at radius 3 is 2.86 bits per heavy atom. The van der Waals surface area contributed by atoms with Crippen molar-refractivity contribution < 1.29 is 4.74 Å². The molecule has 84 valence electrons. The molecule has 1 aliphatic rings. The molecule has 0 amide bonds. The van der Waals surface area contributed by atoms with Crippen LogP contribution in [-0.2, 0) is 4.74 Å². The van der Waals surface area contributed by atoms with E-state index in [9.17, 15) is 0 Å². The van der Waals surface area contributed by atoms with Crippen molar-refractivity contribution in [2.75, 3.05) is 26.8 Å². The van der Waals surface area contributed by atoms with E-state index < -0.39 is 0 Å². The molecule has 1 heterocycles. The van der Waals surface area contributed by atoms with Crippen LogP contribution in [0.3, 0.4) is 0 Å². The van der Waals surface area contributed by atoms with Gasteiger partial charge in [-0.3, -0.25) is 4.90 Å². The highest BCUT2D eigenvalue weighted by molar-refractivity contribution is 4.82. The molecule has 3 nitrogen and oxygen atoms in total. The van der Waals surface area contributed by atoms with E-state index in [1.165, 1.54) is 32.2 Å². The fraction of sp³-hybridized carbons (Fsp3) is 1.00. The monoisotopic (exact) mass is 200 g/mol. The standard InChI is InChI=1S/C11H24N2O/c1-3-10-6-4-5-7-13(10)11(8-12)9-14-2/h10-11H,3-9,12H2,1-2H3. The van der Waals surface area contributed by atoms with Crippen LogP contribution in [0, 0.1) is 0 Å². The minimum absolute atomic E-state index is 0.422. The predicted octanol–water partition coefficient (Wildman–Crippen LogP) is 1.22. The molecule has 0 aromatic carbocycles. The first-order valence-corrected chi connectivity index (χ1v) is 5.78. The number of piperidine rings is 1. The first kappa shape index (κ1) is 12.0. The highest BCUT2D eigenvalue weighted by Gasteiger charge is 2.26. The summed E-state index contributed by atoms with van der Waals surface area (Å²) < 4.78 is 5.22. The lowest BCUT2D eigenvalue weighted by Crippen LogP contribution is -2.51. The van der Waals surface area contributed by atoms with Crippen molar-refractivity contribution in [2.45, 2.75) is 44.7 Å². The second-order valence-electron chi connectivity index (χ2n) is 4.14. The predicted molar refractivity (Wildman–Crippen MR) is 59.4 cm³/mol. The molecular formula is C11H24N2O. The maximum atomic E-state index is 5.78. The number of rotatable bonds is 5. The van der Waals surface area contributed by atoms with Gasteiger partial charge in [0.25, 0.3) is 0 Å². The van der Waals surface area contributed by atoms with E-state index in [0.717, 1.165) is 12.6 Å². The summed E-state index contributed by atoms with van der Waals surface area (Å²) in [5.74, 6) is 0. The van der Waals surface area contributed by atoms with Crippen LogP contribution in [0.4, 0.5) is 0 Å². The van der Waals surface area contributed by atoms with E-state index in [1.54, 1.807) is 7.11 Å². The van der Waals surface area contributed by atoms with Crippen LogP contribution in [0.1, 0.15) is 32.6 Å². The molecule has 1 aliphatic heterocycles. The zero-order valence-electron chi connectivity index (χ0n) is 9.54. The average Bonchev–Trinajstić information content (AvgIpc) is 2.26. The van der Waals surface area contributed by atoms with Gasteiger partial charge in [-0.25, -0.2) is 0 Å². The van der Waals surface area contributed by atoms with E-state index in [-0.39, 0.29) is 0 Å². The summed E-state index contributed by atoms with van der Waals surface area (Å²) in [6.07, 6.45) is 5.26. The minimum Gasteiger partial charge on any atom is -0.383 e. The van der Waals surface area contributed by atoms with Gasteiger partial charge in [-0.15, -0.1) is 0 Å². The van der Waals surface area contributed by atoms with Crippen LogP contribution in [0.25, 0.3) is 0 Å². The van der Waals surface area contributed by atoms with E-state index in [0.29, 0.717) is 12.6 Å². The third kappa shape index (κ3) is 2.94. The molecule has 0 aliphatic carbocycles. The molecule has 0 bridgehead atoms. The zero-order valence-corrected chi connectivity index (χ0v) is 9.54. The summed E-state index contributed by atoms with van der Waals surface area (Å²) in [7, 11) is 1.76. The van der Waals surface area contributed by atoms with Gasteiger partial charge in [0.05, 0.1) is 6.61 Å². The molecule has 0 spiro atoms. The average molecular weight is 200 g/mol. The summed E-state index contributed by atoms with van der Waals surface area (Å²) in [5.41, 5.74) is 5.78. The molecule has 2 N–H and O–H groups in total. The highest BCUT2D eigenvalue weighted by Crippen LogP contribution is 2.21. The van der Waals surface area contributed by atoms with E-state index in [2.05, 4.69) is 11.8 Å². The molecule has 1 fully saturated rings. The van der Waals surface area contributed by atoms with Crippen molar-refractivity contribution in [1.29, 1.82) is 0 Å². The summed E-state index contributed by atoms with van der Waals surface area (Å²) in [4.78, 5) is 2.55. The van der Waals surface area contributed by atoms with Gasteiger partial charge in [0.1, 0.15) is 0 Å². The van der Waals surface area contributed by atoms with Gasteiger partial charge in [-0.05, 0) is 25.8 Å². The lowest BCUT2D eigenvalue weighted by atomic mass is 9.98. The van der Waals surface area contributed by atoms with Crippen molar-refractivity contribution in [3.63, 3.8) is 0 Å². The van der Waals surface area contributed by atoms with Crippen molar-refractivity contribution >= 4 is 0 Å². The second kappa shape index (κ2) is 6.38. The Morgan fingerprint density at radius 2 is 2.29 bits per heavy atom. The molecule has 1 saturated heterocycles. The van der Waals surface area contributed by atoms with Crippen molar-refractivity contribution in [2.24, 2.45) is 5.73 Å². The number of methoxy groups -OCH3 is 1. The largest absolute Gasteiger partial charge is 0.383 e. The number of hydrogen-bond acceptors (Lipinski definition) is 3. The van der Waals surface area contributed by atoms with Gasteiger partial charge < -0.3 is 10.5 Å². The molecule has 2 unspecified atom stereocenters. The van der Waals surface area contributed by atoms with Crippen molar-refractivity contribution in [3.8, 4) is 0 Å². The van der Waals surface area contributed by atoms with Crippen molar-refractivity contribution in [3.05, 3.63) is 0 Å². The number of nitrogens with two attached hydrogens (primary N) is 1. The molecule has 2 atom stereocenters. The van der Waals surface area contributed by atoms with Crippen LogP contribution < -0.4 is 5.73 Å². The Hall–Kier alpha value is -0.120. The molecule has 3 heteroatoms. The Balaban J connectivity index is 2.51. The number of likely N-dealkylation sites (tertiary alicyclic amines) is 1. The minimum atomic E-state index is 0.422. The maximum absolute atomic E-state index is 5.78. The second-order valence-corrected chi connectivity index (χ2v) is 4.14. The first-order valence-electron chi connectivity index (χ1n) is 5.78. The van der Waals surface area contributed by atoms with Crippen LogP contribution in [0.5, 0.6) is 0 Å². The Morgan fingerprint density at radius 1 is 1.50 bits per heavy atom. The summed E-state index contributed by atoms with van der Waals surface area (Å²) in [5, 5.41) is 0. The summed E-state index contributed by atoms with van der Waals surface area (Å²) >= 11 is 0. The molecule has 0 aromatic heterocycles. The summed E-state index contributed by atoms with van der Waals surface area (Å²) in [6, 6.07) is 1.15. The van der Waals surface area contributed by atoms with Gasteiger partial charge in [-0.1, -0.05) is 13.3 Å². The fourth-order valence-corrected chi connectivity index (χ4v) is 2.43. The van der Waals surface area contributed by atoms with Gasteiger partial charge >= 0.3 is 0 Å². The van der Waals surface area contributed by atoms with Crippen LogP contribution in [-0.4, -0.2) is 43.8 Å². The Kier molecular flexibility index (Phi) is 5.45. The van der Waals surface area contributed by atoms with E-state index in [4.69, 9.17) is 10.5 Å². The molecule has 14 heavy (non-hydrogen) atoms. The highest BCUT2D eigenvalue weighted by atomic mass is 16.5. The topological polar surface area (TPSA) is 38.5 Å². The molecule has 0 aromatic rings. The number of ether oxygens (including phenoxy) is 1. The Labute approximate surface area is 87.6 Å². The Bertz CT molecular complexity index is 152. The molecular weight excluding hydrogens is 176 g/mol. The molecule has 1 rings (SSSR count). The summed E-state index contributed by atoms with van der Waals surface area (Å²) in [6.45, 7) is 4.95. The fourth-order valence-electron chi connectivity index (χ4n) is 2.43. The van der Waals surface area contributed by atoms with E-state index >= 15 is 0 Å².